The van der Waals surface area contributed by atoms with Crippen LogP contribution in [0.2, 0.25) is 5.02 Å². The summed E-state index contributed by atoms with van der Waals surface area (Å²) in [5.41, 5.74) is 2.03. The highest BCUT2D eigenvalue weighted by Gasteiger charge is 2.21. The van der Waals surface area contributed by atoms with Gasteiger partial charge in [0.15, 0.2) is 0 Å². The highest BCUT2D eigenvalue weighted by molar-refractivity contribution is 6.31. The Labute approximate surface area is 145 Å². The largest absolute Gasteiger partial charge is 0.367 e. The van der Waals surface area contributed by atoms with E-state index in [-0.39, 0.29) is 0 Å². The Balaban J connectivity index is 1.55. The molecule has 7 heteroatoms. The van der Waals surface area contributed by atoms with Crippen LogP contribution < -0.4 is 10.2 Å². The maximum Gasteiger partial charge on any atom is 0.137 e. The zero-order valence-corrected chi connectivity index (χ0v) is 14.2. The molecule has 4 rings (SSSR count). The van der Waals surface area contributed by atoms with Crippen molar-refractivity contribution in [3.05, 3.63) is 41.9 Å². The SMILES string of the molecule is Cn1cc(N2CCCC(Nc3ncnc4cc(Cl)ccc34)C2)cn1. The van der Waals surface area contributed by atoms with Gasteiger partial charge in [-0.1, -0.05) is 11.6 Å². The van der Waals surface area contributed by atoms with Gasteiger partial charge in [0.1, 0.15) is 12.1 Å². The third-order valence-electron chi connectivity index (χ3n) is 4.42. The Bertz CT molecular complexity index is 861. The molecule has 0 amide bonds. The van der Waals surface area contributed by atoms with Crippen LogP contribution in [-0.4, -0.2) is 38.9 Å². The fourth-order valence-electron chi connectivity index (χ4n) is 3.24. The quantitative estimate of drug-likeness (QED) is 0.792. The molecule has 6 nitrogen and oxygen atoms in total. The summed E-state index contributed by atoms with van der Waals surface area (Å²) in [6.07, 6.45) is 7.83. The lowest BCUT2D eigenvalue weighted by Gasteiger charge is -2.34. The van der Waals surface area contributed by atoms with Crippen LogP contribution in [0.25, 0.3) is 10.9 Å². The van der Waals surface area contributed by atoms with Crippen molar-refractivity contribution in [3.8, 4) is 0 Å². The van der Waals surface area contributed by atoms with Gasteiger partial charge in [-0.25, -0.2) is 9.97 Å². The van der Waals surface area contributed by atoms with Crippen molar-refractivity contribution in [1.29, 1.82) is 0 Å². The normalized spacial score (nSPS) is 18.1. The van der Waals surface area contributed by atoms with Gasteiger partial charge in [-0.2, -0.15) is 5.10 Å². The Hall–Kier alpha value is -2.34. The van der Waals surface area contributed by atoms with Crippen LogP contribution in [0.5, 0.6) is 0 Å². The van der Waals surface area contributed by atoms with Gasteiger partial charge in [0, 0.05) is 42.8 Å². The molecular weight excluding hydrogens is 324 g/mol. The predicted molar refractivity (Wildman–Crippen MR) is 96.6 cm³/mol. The number of aryl methyl sites for hydroxylation is 1. The van der Waals surface area contributed by atoms with Crippen LogP contribution >= 0.6 is 11.6 Å². The minimum absolute atomic E-state index is 0.340. The number of halogens is 1. The highest BCUT2D eigenvalue weighted by Crippen LogP contribution is 2.25. The van der Waals surface area contributed by atoms with Crippen molar-refractivity contribution in [2.45, 2.75) is 18.9 Å². The van der Waals surface area contributed by atoms with E-state index in [1.165, 1.54) is 5.69 Å². The van der Waals surface area contributed by atoms with Gasteiger partial charge in [0.05, 0.1) is 17.4 Å². The van der Waals surface area contributed by atoms with E-state index < -0.39 is 0 Å². The molecule has 0 aliphatic carbocycles. The molecule has 0 saturated carbocycles. The second kappa shape index (κ2) is 6.28. The van der Waals surface area contributed by atoms with Gasteiger partial charge in [-0.05, 0) is 31.0 Å². The number of fused-ring (bicyclic) bond motifs is 1. The van der Waals surface area contributed by atoms with E-state index in [0.717, 1.165) is 42.7 Å². The lowest BCUT2D eigenvalue weighted by molar-refractivity contribution is 0.529. The molecule has 1 N–H and O–H groups in total. The van der Waals surface area contributed by atoms with Gasteiger partial charge in [0.2, 0.25) is 0 Å². The summed E-state index contributed by atoms with van der Waals surface area (Å²) in [5, 5.41) is 9.55. The third-order valence-corrected chi connectivity index (χ3v) is 4.65. The van der Waals surface area contributed by atoms with E-state index in [4.69, 9.17) is 11.6 Å². The lowest BCUT2D eigenvalue weighted by atomic mass is 10.1. The molecule has 0 bridgehead atoms. The topological polar surface area (TPSA) is 58.9 Å². The molecule has 1 fully saturated rings. The number of piperidine rings is 1. The first-order valence-corrected chi connectivity index (χ1v) is 8.47. The van der Waals surface area contributed by atoms with Crippen LogP contribution in [0, 0.1) is 0 Å². The molecule has 0 spiro atoms. The highest BCUT2D eigenvalue weighted by atomic mass is 35.5. The molecule has 2 aromatic heterocycles. The van der Waals surface area contributed by atoms with Gasteiger partial charge in [0.25, 0.3) is 0 Å². The van der Waals surface area contributed by atoms with Crippen molar-refractivity contribution >= 4 is 34.0 Å². The Morgan fingerprint density at radius 2 is 2.21 bits per heavy atom. The van der Waals surface area contributed by atoms with Crippen LogP contribution in [-0.2, 0) is 7.05 Å². The minimum atomic E-state index is 0.340. The Morgan fingerprint density at radius 1 is 1.29 bits per heavy atom. The summed E-state index contributed by atoms with van der Waals surface area (Å²) >= 11 is 6.06. The van der Waals surface area contributed by atoms with E-state index in [0.29, 0.717) is 11.1 Å². The number of nitrogens with zero attached hydrogens (tertiary/aromatic N) is 5. The summed E-state index contributed by atoms with van der Waals surface area (Å²) in [6, 6.07) is 6.06. The van der Waals surface area contributed by atoms with E-state index in [1.807, 2.05) is 36.1 Å². The average Bonchev–Trinajstić information content (AvgIpc) is 3.02. The monoisotopic (exact) mass is 342 g/mol. The molecule has 1 atom stereocenters. The molecule has 1 aliphatic rings. The number of aromatic nitrogens is 4. The van der Waals surface area contributed by atoms with Crippen LogP contribution in [0.3, 0.4) is 0 Å². The third kappa shape index (κ3) is 3.01. The first-order valence-electron chi connectivity index (χ1n) is 8.09. The number of anilines is 2. The summed E-state index contributed by atoms with van der Waals surface area (Å²) < 4.78 is 1.84. The van der Waals surface area contributed by atoms with E-state index in [1.54, 1.807) is 6.33 Å². The zero-order chi connectivity index (χ0) is 16.5. The van der Waals surface area contributed by atoms with E-state index >= 15 is 0 Å². The fraction of sp³-hybridized carbons (Fsp3) is 0.353. The number of hydrogen-bond donors (Lipinski definition) is 1. The molecule has 0 radical (unpaired) electrons. The molecule has 3 heterocycles. The van der Waals surface area contributed by atoms with Crippen molar-refractivity contribution in [3.63, 3.8) is 0 Å². The summed E-state index contributed by atoms with van der Waals surface area (Å²) in [4.78, 5) is 11.1. The molecular formula is C17H19ClN6. The predicted octanol–water partition coefficient (Wildman–Crippen LogP) is 3.10. The maximum atomic E-state index is 6.06. The first kappa shape index (κ1) is 15.2. The molecule has 1 aromatic carbocycles. The van der Waals surface area contributed by atoms with Crippen molar-refractivity contribution in [1.82, 2.24) is 19.7 Å². The number of nitrogens with one attached hydrogen (secondary N) is 1. The van der Waals surface area contributed by atoms with E-state index in [9.17, 15) is 0 Å². The summed E-state index contributed by atoms with van der Waals surface area (Å²) in [6.45, 7) is 1.99. The zero-order valence-electron chi connectivity index (χ0n) is 13.5. The first-order chi connectivity index (χ1) is 11.7. The van der Waals surface area contributed by atoms with Crippen molar-refractivity contribution in [2.24, 2.45) is 7.05 Å². The molecule has 124 valence electrons. The number of benzene rings is 1. The van der Waals surface area contributed by atoms with Gasteiger partial charge < -0.3 is 10.2 Å². The second-order valence-electron chi connectivity index (χ2n) is 6.19. The average molecular weight is 343 g/mol. The summed E-state index contributed by atoms with van der Waals surface area (Å²) in [5.74, 6) is 0.870. The van der Waals surface area contributed by atoms with Crippen LogP contribution in [0.4, 0.5) is 11.5 Å². The minimum Gasteiger partial charge on any atom is -0.367 e. The molecule has 1 saturated heterocycles. The van der Waals surface area contributed by atoms with Crippen molar-refractivity contribution < 1.29 is 0 Å². The Morgan fingerprint density at radius 3 is 3.04 bits per heavy atom. The van der Waals surface area contributed by atoms with Crippen molar-refractivity contribution in [2.75, 3.05) is 23.3 Å². The van der Waals surface area contributed by atoms with Crippen LogP contribution in [0.1, 0.15) is 12.8 Å². The molecule has 3 aromatic rings. The van der Waals surface area contributed by atoms with Gasteiger partial charge >= 0.3 is 0 Å². The standard InChI is InChI=1S/C17H19ClN6/c1-23-10-14(8-21-23)24-6-2-3-13(9-24)22-17-15-5-4-12(18)7-16(15)19-11-20-17/h4-5,7-8,10-11,13H,2-3,6,9H2,1H3,(H,19,20,22). The van der Waals surface area contributed by atoms with Gasteiger partial charge in [-0.3, -0.25) is 4.68 Å². The lowest BCUT2D eigenvalue weighted by Crippen LogP contribution is -2.42. The molecule has 1 unspecified atom stereocenters. The smallest absolute Gasteiger partial charge is 0.137 e. The number of rotatable bonds is 3. The molecule has 1 aliphatic heterocycles. The maximum absolute atomic E-state index is 6.06. The van der Waals surface area contributed by atoms with Crippen LogP contribution in [0.15, 0.2) is 36.9 Å². The summed E-state index contributed by atoms with van der Waals surface area (Å²) in [7, 11) is 1.95. The Kier molecular flexibility index (Phi) is 3.98. The molecule has 24 heavy (non-hydrogen) atoms. The van der Waals surface area contributed by atoms with E-state index in [2.05, 4.69) is 31.5 Å². The second-order valence-corrected chi connectivity index (χ2v) is 6.62. The van der Waals surface area contributed by atoms with Gasteiger partial charge in [-0.15, -0.1) is 0 Å². The fourth-order valence-corrected chi connectivity index (χ4v) is 3.41. The number of hydrogen-bond acceptors (Lipinski definition) is 5.